The van der Waals surface area contributed by atoms with E-state index in [1.807, 2.05) is 0 Å². The Morgan fingerprint density at radius 3 is 1.36 bits per heavy atom. The van der Waals surface area contributed by atoms with Crippen molar-refractivity contribution in [3.8, 4) is 0 Å². The van der Waals surface area contributed by atoms with Crippen LogP contribution in [-0.4, -0.2) is 53.3 Å². The van der Waals surface area contributed by atoms with Crippen LogP contribution in [0.15, 0.2) is 94.9 Å². The van der Waals surface area contributed by atoms with Gasteiger partial charge in [0.05, 0.1) is 0 Å². The molecular formula is C38H50Cl2GeN4-2. The van der Waals surface area contributed by atoms with Crippen LogP contribution in [-0.2, 0) is 12.8 Å². The topological polar surface area (TPSA) is 52.9 Å². The second-order valence-corrected chi connectivity index (χ2v) is 15.3. The van der Waals surface area contributed by atoms with Gasteiger partial charge in [-0.05, 0) is 45.5 Å². The van der Waals surface area contributed by atoms with Gasteiger partial charge in [0.15, 0.2) is 0 Å². The molecule has 4 aromatic rings. The van der Waals surface area contributed by atoms with Crippen LogP contribution in [0, 0.1) is 11.8 Å². The number of aliphatic imine (C=N–C) groups is 2. The SMILES string of the molecule is CC(C)C[CH2][Ge][CH2]CC(C)C.Cl.Cl.c1ccc2c(CC3=NCC[N-]3)cccc2c1.c1ccc2c(CC3=NCC[N-]3)cccc2c1. The number of amidine groups is 2. The maximum Gasteiger partial charge on any atom is -0.0103 e. The quantitative estimate of drug-likeness (QED) is 0.116. The fraction of sp³-hybridized carbons (Fsp3) is 0.421. The zero-order chi connectivity index (χ0) is 30.3. The summed E-state index contributed by atoms with van der Waals surface area (Å²) in [5.41, 5.74) is 2.64. The van der Waals surface area contributed by atoms with Gasteiger partial charge in [0.25, 0.3) is 0 Å². The van der Waals surface area contributed by atoms with Gasteiger partial charge in [-0.25, -0.2) is 0 Å². The largest absolute Gasteiger partial charge is 0.469 e. The van der Waals surface area contributed by atoms with Gasteiger partial charge in [-0.3, -0.25) is 0 Å². The number of hydrogen-bond donors (Lipinski definition) is 0. The summed E-state index contributed by atoms with van der Waals surface area (Å²) in [6, 6.07) is 29.8. The van der Waals surface area contributed by atoms with Crippen molar-refractivity contribution in [1.29, 1.82) is 0 Å². The number of fused-ring (bicyclic) bond motifs is 2. The van der Waals surface area contributed by atoms with E-state index in [-0.39, 0.29) is 24.8 Å². The van der Waals surface area contributed by atoms with Crippen LogP contribution in [0.2, 0.25) is 10.5 Å². The van der Waals surface area contributed by atoms with E-state index in [2.05, 4.69) is 133 Å². The Kier molecular flexibility index (Phi) is 18.3. The summed E-state index contributed by atoms with van der Waals surface area (Å²) < 4.78 is 0. The third kappa shape index (κ3) is 13.4. The molecule has 7 heteroatoms. The second-order valence-electron chi connectivity index (χ2n) is 12.1. The zero-order valence-electron chi connectivity index (χ0n) is 27.4. The fourth-order valence-corrected chi connectivity index (χ4v) is 8.98. The predicted octanol–water partition coefficient (Wildman–Crippen LogP) is 10.8. The van der Waals surface area contributed by atoms with Crippen LogP contribution in [0.3, 0.4) is 0 Å². The van der Waals surface area contributed by atoms with Gasteiger partial charge in [-0.15, -0.1) is 24.8 Å². The van der Waals surface area contributed by atoms with Gasteiger partial charge in [-0.1, -0.05) is 123 Å². The van der Waals surface area contributed by atoms with Crippen molar-refractivity contribution < 1.29 is 0 Å². The number of benzene rings is 4. The molecule has 0 saturated carbocycles. The molecule has 0 bridgehead atoms. The van der Waals surface area contributed by atoms with E-state index >= 15 is 0 Å². The summed E-state index contributed by atoms with van der Waals surface area (Å²) in [5.74, 6) is 3.85. The molecule has 4 nitrogen and oxygen atoms in total. The minimum absolute atomic E-state index is 0. The third-order valence-corrected chi connectivity index (χ3v) is 10.3. The molecule has 0 amide bonds. The van der Waals surface area contributed by atoms with Crippen LogP contribution in [0.1, 0.15) is 51.7 Å². The van der Waals surface area contributed by atoms with Crippen molar-refractivity contribution in [1.82, 2.24) is 0 Å². The zero-order valence-corrected chi connectivity index (χ0v) is 31.1. The average molecular weight is 706 g/mol. The second kappa shape index (κ2) is 21.3. The first-order valence-electron chi connectivity index (χ1n) is 16.0. The maximum absolute atomic E-state index is 4.39. The molecule has 0 N–H and O–H groups in total. The molecular weight excluding hydrogens is 656 g/mol. The maximum atomic E-state index is 4.39. The standard InChI is InChI=1S/2C14H13N2.C10H22Ge.2ClH/c2*1-2-7-13-11(4-1)5-3-6-12(13)10-14-15-8-9-16-14;1-9(2)5-7-11-8-6-10(3)4;;/h2*1-7H,8-10H2;9-10H,5-8H2,1-4H3;2*1H/q2*-1;;;. The number of nitrogens with zero attached hydrogens (tertiary/aromatic N) is 4. The first-order valence-corrected chi connectivity index (χ1v) is 19.0. The minimum Gasteiger partial charge on any atom is -0.469 e. The summed E-state index contributed by atoms with van der Waals surface area (Å²) in [6.07, 6.45) is 4.67. The van der Waals surface area contributed by atoms with Crippen molar-refractivity contribution in [2.75, 3.05) is 26.2 Å². The predicted molar refractivity (Wildman–Crippen MR) is 205 cm³/mol. The molecule has 2 heterocycles. The molecule has 6 rings (SSSR count). The molecule has 2 aliphatic rings. The Morgan fingerprint density at radius 1 is 0.578 bits per heavy atom. The number of rotatable bonds is 10. The summed E-state index contributed by atoms with van der Waals surface area (Å²) >= 11 is 0.437. The van der Waals surface area contributed by atoms with Gasteiger partial charge < -0.3 is 20.6 Å². The van der Waals surface area contributed by atoms with E-state index in [0.717, 1.165) is 62.5 Å². The average Bonchev–Trinajstić information content (AvgIpc) is 3.73. The van der Waals surface area contributed by atoms with E-state index in [1.54, 1.807) is 10.5 Å². The van der Waals surface area contributed by atoms with Gasteiger partial charge in [0.2, 0.25) is 0 Å². The fourth-order valence-electron chi connectivity index (χ4n) is 5.18. The van der Waals surface area contributed by atoms with Gasteiger partial charge in [0, 0.05) is 0 Å². The Bertz CT molecular complexity index is 1360. The Hall–Kier alpha value is -2.54. The monoisotopic (exact) mass is 706 g/mol. The van der Waals surface area contributed by atoms with Crippen molar-refractivity contribution in [2.45, 2.75) is 63.9 Å². The minimum atomic E-state index is 0. The summed E-state index contributed by atoms with van der Waals surface area (Å²) in [4.78, 5) is 8.78. The van der Waals surface area contributed by atoms with E-state index < -0.39 is 0 Å². The van der Waals surface area contributed by atoms with Crippen molar-refractivity contribution in [3.63, 3.8) is 0 Å². The third-order valence-electron chi connectivity index (χ3n) is 7.63. The molecule has 0 aliphatic carbocycles. The van der Waals surface area contributed by atoms with Crippen LogP contribution >= 0.6 is 24.8 Å². The van der Waals surface area contributed by atoms with Crippen LogP contribution in [0.25, 0.3) is 32.2 Å². The smallest absolute Gasteiger partial charge is 0.0103 e. The molecule has 45 heavy (non-hydrogen) atoms. The molecule has 0 spiro atoms. The molecule has 0 fully saturated rings. The van der Waals surface area contributed by atoms with Crippen LogP contribution < -0.4 is 0 Å². The normalized spacial score (nSPS) is 13.4. The Morgan fingerprint density at radius 2 is 0.978 bits per heavy atom. The molecule has 0 aromatic heterocycles. The molecule has 2 aliphatic heterocycles. The molecule has 242 valence electrons. The van der Waals surface area contributed by atoms with Gasteiger partial charge >= 0.3 is 78.3 Å². The summed E-state index contributed by atoms with van der Waals surface area (Å²) in [7, 11) is 0. The van der Waals surface area contributed by atoms with Crippen LogP contribution in [0.4, 0.5) is 0 Å². The van der Waals surface area contributed by atoms with Crippen molar-refractivity contribution in [3.05, 3.63) is 107 Å². The Labute approximate surface area is 290 Å². The van der Waals surface area contributed by atoms with Gasteiger partial charge in [-0.2, -0.15) is 0 Å². The molecule has 0 unspecified atom stereocenters. The first kappa shape index (κ1) is 38.6. The number of halogens is 2. The van der Waals surface area contributed by atoms with Crippen LogP contribution in [0.5, 0.6) is 0 Å². The molecule has 0 saturated heterocycles. The van der Waals surface area contributed by atoms with E-state index in [9.17, 15) is 0 Å². The van der Waals surface area contributed by atoms with E-state index in [1.165, 1.54) is 45.5 Å². The molecule has 4 aromatic carbocycles. The van der Waals surface area contributed by atoms with Crippen molar-refractivity contribution >= 4 is 73.5 Å². The Balaban J connectivity index is 0.000000235. The summed E-state index contributed by atoms with van der Waals surface area (Å²) in [5, 5.41) is 17.1. The first-order chi connectivity index (χ1) is 21.0. The van der Waals surface area contributed by atoms with E-state index in [4.69, 9.17) is 0 Å². The summed E-state index contributed by atoms with van der Waals surface area (Å²) in [6.45, 7) is 12.8. The molecule has 2 radical (unpaired) electrons. The van der Waals surface area contributed by atoms with Crippen molar-refractivity contribution in [2.24, 2.45) is 21.8 Å². The number of hydrogen-bond acceptors (Lipinski definition) is 2. The van der Waals surface area contributed by atoms with Gasteiger partial charge in [0.1, 0.15) is 0 Å². The van der Waals surface area contributed by atoms with E-state index in [0.29, 0.717) is 15.4 Å². The molecule has 0 atom stereocenters.